The van der Waals surface area contributed by atoms with Gasteiger partial charge in [0.05, 0.1) is 5.56 Å². The van der Waals surface area contributed by atoms with Crippen molar-refractivity contribution in [3.8, 4) is 0 Å². The van der Waals surface area contributed by atoms with Crippen LogP contribution in [0, 0.1) is 12.3 Å². The van der Waals surface area contributed by atoms with Gasteiger partial charge in [0.15, 0.2) is 0 Å². The van der Waals surface area contributed by atoms with Crippen molar-refractivity contribution in [2.45, 2.75) is 45.2 Å². The summed E-state index contributed by atoms with van der Waals surface area (Å²) in [5, 5.41) is 8.38. The predicted octanol–water partition coefficient (Wildman–Crippen LogP) is 5.76. The number of nitrogens with one attached hydrogen (secondary N) is 1. The molecule has 0 amide bonds. The zero-order chi connectivity index (χ0) is 19.8. The number of alkyl halides is 3. The number of rotatable bonds is 5. The molecule has 0 aliphatic heterocycles. The summed E-state index contributed by atoms with van der Waals surface area (Å²) in [7, 11) is 1.74. The molecule has 1 N–H and O–H groups in total. The largest absolute Gasteiger partial charge is 0.416 e. The highest BCUT2D eigenvalue weighted by Gasteiger charge is 2.37. The lowest BCUT2D eigenvalue weighted by atomic mass is 9.91. The molecule has 1 fully saturated rings. The molecule has 0 saturated heterocycles. The lowest BCUT2D eigenvalue weighted by Crippen LogP contribution is -2.28. The normalized spacial score (nSPS) is 14.3. The first-order chi connectivity index (χ1) is 12.7. The van der Waals surface area contributed by atoms with Crippen LogP contribution in [0.25, 0.3) is 0 Å². The minimum atomic E-state index is -4.44. The van der Waals surface area contributed by atoms with Crippen molar-refractivity contribution in [3.63, 3.8) is 0 Å². The molecule has 2 aromatic rings. The minimum Gasteiger partial charge on any atom is -0.360 e. The Labute approximate surface area is 158 Å². The summed E-state index contributed by atoms with van der Waals surface area (Å²) in [5.74, 6) is 0.427. The molecule has 5 heteroatoms. The summed E-state index contributed by atoms with van der Waals surface area (Å²) in [4.78, 5) is 1.68. The molecule has 2 nitrogen and oxygen atoms in total. The zero-order valence-corrected chi connectivity index (χ0v) is 16.0. The van der Waals surface area contributed by atoms with Crippen LogP contribution < -0.4 is 0 Å². The molecular formula is C22H25F3N2. The van der Waals surface area contributed by atoms with E-state index >= 15 is 0 Å². The Bertz CT molecular complexity index is 851. The van der Waals surface area contributed by atoms with Gasteiger partial charge in [0, 0.05) is 19.2 Å². The number of amidine groups is 1. The second kappa shape index (κ2) is 7.37. The minimum absolute atomic E-state index is 0.159. The second-order valence-electron chi connectivity index (χ2n) is 7.40. The van der Waals surface area contributed by atoms with E-state index in [-0.39, 0.29) is 18.2 Å². The number of aryl methyl sites for hydroxylation is 1. The van der Waals surface area contributed by atoms with E-state index in [1.54, 1.807) is 18.0 Å². The fourth-order valence-corrected chi connectivity index (χ4v) is 3.42. The molecule has 0 radical (unpaired) electrons. The summed E-state index contributed by atoms with van der Waals surface area (Å²) in [5.41, 5.74) is 2.88. The molecule has 144 valence electrons. The van der Waals surface area contributed by atoms with Gasteiger partial charge in [0.25, 0.3) is 0 Å². The van der Waals surface area contributed by atoms with E-state index in [0.29, 0.717) is 17.7 Å². The second-order valence-corrected chi connectivity index (χ2v) is 7.40. The predicted molar refractivity (Wildman–Crippen MR) is 103 cm³/mol. The fraction of sp³-hybridized carbons (Fsp3) is 0.409. The van der Waals surface area contributed by atoms with Gasteiger partial charge in [-0.15, -0.1) is 0 Å². The molecule has 27 heavy (non-hydrogen) atoms. The molecule has 0 bridgehead atoms. The summed E-state index contributed by atoms with van der Waals surface area (Å²) in [6.07, 6.45) is -2.24. The average Bonchev–Trinajstić information content (AvgIpc) is 3.44. The average molecular weight is 374 g/mol. The standard InChI is InChI=1S/C22H25F3N2/c1-4-27(3)21(26)19-13-20(22(23,24)25)17(12-18(19)16-8-9-16)11-15-7-5-6-14(2)10-15/h5-7,10,12-13,16,26H,4,8-9,11H2,1-3H3. The maximum absolute atomic E-state index is 13.8. The molecule has 1 saturated carbocycles. The van der Waals surface area contributed by atoms with Crippen molar-refractivity contribution in [1.29, 1.82) is 5.41 Å². The van der Waals surface area contributed by atoms with Gasteiger partial charge < -0.3 is 4.90 Å². The maximum atomic E-state index is 13.8. The molecule has 1 aliphatic rings. The molecule has 0 spiro atoms. The fourth-order valence-electron chi connectivity index (χ4n) is 3.42. The van der Waals surface area contributed by atoms with Crippen LogP contribution in [-0.2, 0) is 12.6 Å². The van der Waals surface area contributed by atoms with Crippen LogP contribution in [-0.4, -0.2) is 24.3 Å². The van der Waals surface area contributed by atoms with Crippen molar-refractivity contribution in [3.05, 3.63) is 69.8 Å². The Balaban J connectivity index is 2.12. The first kappa shape index (κ1) is 19.5. The van der Waals surface area contributed by atoms with Crippen LogP contribution in [0.1, 0.15) is 59.1 Å². The van der Waals surface area contributed by atoms with E-state index in [1.807, 2.05) is 38.1 Å². The highest BCUT2D eigenvalue weighted by atomic mass is 19.4. The van der Waals surface area contributed by atoms with Crippen molar-refractivity contribution in [1.82, 2.24) is 4.90 Å². The third kappa shape index (κ3) is 4.34. The van der Waals surface area contributed by atoms with Gasteiger partial charge in [0.2, 0.25) is 0 Å². The van der Waals surface area contributed by atoms with Gasteiger partial charge in [0.1, 0.15) is 5.84 Å². The van der Waals surface area contributed by atoms with Crippen LogP contribution in [0.2, 0.25) is 0 Å². The molecular weight excluding hydrogens is 349 g/mol. The Morgan fingerprint density at radius 1 is 1.19 bits per heavy atom. The van der Waals surface area contributed by atoms with E-state index in [9.17, 15) is 13.2 Å². The van der Waals surface area contributed by atoms with Crippen LogP contribution in [0.15, 0.2) is 36.4 Å². The van der Waals surface area contributed by atoms with Crippen LogP contribution in [0.4, 0.5) is 13.2 Å². The van der Waals surface area contributed by atoms with Crippen LogP contribution in [0.5, 0.6) is 0 Å². The van der Waals surface area contributed by atoms with E-state index in [2.05, 4.69) is 0 Å². The monoisotopic (exact) mass is 374 g/mol. The van der Waals surface area contributed by atoms with Gasteiger partial charge in [-0.25, -0.2) is 0 Å². The highest BCUT2D eigenvalue weighted by Crippen LogP contribution is 2.45. The van der Waals surface area contributed by atoms with Crippen molar-refractivity contribution in [2.24, 2.45) is 0 Å². The molecule has 0 unspecified atom stereocenters. The first-order valence-corrected chi connectivity index (χ1v) is 9.30. The summed E-state index contributed by atoms with van der Waals surface area (Å²) < 4.78 is 41.5. The molecule has 0 heterocycles. The van der Waals surface area contributed by atoms with E-state index < -0.39 is 11.7 Å². The van der Waals surface area contributed by atoms with Gasteiger partial charge >= 0.3 is 6.18 Å². The number of benzene rings is 2. The summed E-state index contributed by atoms with van der Waals surface area (Å²) >= 11 is 0. The Morgan fingerprint density at radius 2 is 1.89 bits per heavy atom. The lowest BCUT2D eigenvalue weighted by molar-refractivity contribution is -0.138. The molecule has 0 aromatic heterocycles. The highest BCUT2D eigenvalue weighted by molar-refractivity contribution is 5.98. The lowest BCUT2D eigenvalue weighted by Gasteiger charge is -2.23. The number of halogens is 3. The van der Waals surface area contributed by atoms with Crippen molar-refractivity contribution < 1.29 is 13.2 Å². The SMILES string of the molecule is CCN(C)C(=N)c1cc(C(F)(F)F)c(Cc2cccc(C)c2)cc1C1CC1. The number of hydrogen-bond acceptors (Lipinski definition) is 1. The van der Waals surface area contributed by atoms with E-state index in [4.69, 9.17) is 5.41 Å². The Kier molecular flexibility index (Phi) is 5.31. The van der Waals surface area contributed by atoms with Crippen LogP contribution in [0.3, 0.4) is 0 Å². The quantitative estimate of drug-likeness (QED) is 0.523. The summed E-state index contributed by atoms with van der Waals surface area (Å²) in [6, 6.07) is 10.5. The topological polar surface area (TPSA) is 27.1 Å². The van der Waals surface area contributed by atoms with Gasteiger partial charge in [-0.2, -0.15) is 13.2 Å². The molecule has 2 aromatic carbocycles. The third-order valence-corrected chi connectivity index (χ3v) is 5.19. The molecule has 1 aliphatic carbocycles. The Morgan fingerprint density at radius 3 is 2.44 bits per heavy atom. The number of hydrogen-bond donors (Lipinski definition) is 1. The molecule has 0 atom stereocenters. The Hall–Kier alpha value is -2.30. The van der Waals surface area contributed by atoms with Gasteiger partial charge in [-0.1, -0.05) is 35.9 Å². The first-order valence-electron chi connectivity index (χ1n) is 9.30. The number of nitrogens with zero attached hydrogens (tertiary/aromatic N) is 1. The van der Waals surface area contributed by atoms with Gasteiger partial charge in [-0.3, -0.25) is 5.41 Å². The van der Waals surface area contributed by atoms with Gasteiger partial charge in [-0.05, 0) is 61.8 Å². The van der Waals surface area contributed by atoms with E-state index in [1.165, 1.54) is 6.07 Å². The third-order valence-electron chi connectivity index (χ3n) is 5.19. The summed E-state index contributed by atoms with van der Waals surface area (Å²) in [6.45, 7) is 4.41. The zero-order valence-electron chi connectivity index (χ0n) is 16.0. The maximum Gasteiger partial charge on any atom is 0.416 e. The molecule has 3 rings (SSSR count). The van der Waals surface area contributed by atoms with Crippen LogP contribution >= 0.6 is 0 Å². The van der Waals surface area contributed by atoms with Crippen molar-refractivity contribution in [2.75, 3.05) is 13.6 Å². The van der Waals surface area contributed by atoms with E-state index in [0.717, 1.165) is 29.5 Å². The smallest absolute Gasteiger partial charge is 0.360 e. The van der Waals surface area contributed by atoms with Crippen molar-refractivity contribution >= 4 is 5.84 Å².